The Morgan fingerprint density at radius 3 is 3.18 bits per heavy atom. The molecule has 0 spiro atoms. The van der Waals surface area contributed by atoms with Crippen LogP contribution in [0.4, 0.5) is 0 Å². The Balaban J connectivity index is 2.67. The largest absolute Gasteiger partial charge is 0.307 e. The van der Waals surface area contributed by atoms with Gasteiger partial charge in [0.25, 0.3) is 0 Å². The topological polar surface area (TPSA) is 17.3 Å². The van der Waals surface area contributed by atoms with Gasteiger partial charge in [0.15, 0.2) is 0 Å². The molecule has 0 fully saturated rings. The molecule has 2 aromatic heterocycles. The Morgan fingerprint density at radius 1 is 1.45 bits per heavy atom. The summed E-state index contributed by atoms with van der Waals surface area (Å²) in [5.74, 6) is 0. The van der Waals surface area contributed by atoms with Crippen molar-refractivity contribution in [1.82, 2.24) is 9.38 Å². The first-order valence-corrected chi connectivity index (χ1v) is 3.61. The number of hydrogen-bond acceptors (Lipinski definition) is 1. The normalized spacial score (nSPS) is 10.6. The van der Waals surface area contributed by atoms with Crippen molar-refractivity contribution in [3.8, 4) is 0 Å². The van der Waals surface area contributed by atoms with Crippen LogP contribution in [0.15, 0.2) is 30.7 Å². The van der Waals surface area contributed by atoms with Gasteiger partial charge in [-0.3, -0.25) is 0 Å². The van der Waals surface area contributed by atoms with Gasteiger partial charge in [0, 0.05) is 18.6 Å². The third kappa shape index (κ3) is 1.00. The van der Waals surface area contributed by atoms with Gasteiger partial charge in [0.1, 0.15) is 5.65 Å². The van der Waals surface area contributed by atoms with Gasteiger partial charge in [-0.15, -0.1) is 0 Å². The van der Waals surface area contributed by atoms with Gasteiger partial charge in [0.05, 0.1) is 0 Å². The van der Waals surface area contributed by atoms with Crippen LogP contribution in [0, 0.1) is 6.92 Å². The lowest BCUT2D eigenvalue weighted by molar-refractivity contribution is 1.12. The van der Waals surface area contributed by atoms with E-state index in [1.807, 2.05) is 16.7 Å². The maximum absolute atomic E-state index is 4.14. The minimum absolute atomic E-state index is 0.828. The standard InChI is InChI=1S/C9H9N2/c1-2-8-3-4-9-10-5-6-11(9)7-8/h3-7H,1-2H2. The van der Waals surface area contributed by atoms with E-state index in [9.17, 15) is 0 Å². The molecule has 0 saturated carbocycles. The Bertz CT molecular complexity index is 362. The minimum Gasteiger partial charge on any atom is -0.307 e. The van der Waals surface area contributed by atoms with Gasteiger partial charge < -0.3 is 4.40 Å². The van der Waals surface area contributed by atoms with E-state index in [0.29, 0.717) is 0 Å². The molecule has 0 aliphatic heterocycles. The molecule has 0 bridgehead atoms. The first kappa shape index (κ1) is 6.40. The molecule has 0 atom stereocenters. The molecular formula is C9H9N2. The predicted octanol–water partition coefficient (Wildman–Crippen LogP) is 1.71. The van der Waals surface area contributed by atoms with Gasteiger partial charge in [-0.25, -0.2) is 4.98 Å². The van der Waals surface area contributed by atoms with Crippen molar-refractivity contribution >= 4 is 5.65 Å². The van der Waals surface area contributed by atoms with E-state index in [1.54, 1.807) is 6.20 Å². The number of fused-ring (bicyclic) bond motifs is 1. The van der Waals surface area contributed by atoms with Crippen molar-refractivity contribution in [3.63, 3.8) is 0 Å². The van der Waals surface area contributed by atoms with Crippen LogP contribution in [0.1, 0.15) is 5.56 Å². The van der Waals surface area contributed by atoms with Crippen molar-refractivity contribution < 1.29 is 0 Å². The van der Waals surface area contributed by atoms with Gasteiger partial charge in [-0.05, 0) is 25.0 Å². The highest BCUT2D eigenvalue weighted by Crippen LogP contribution is 2.04. The molecule has 0 unspecified atom stereocenters. The molecule has 0 amide bonds. The third-order valence-electron chi connectivity index (χ3n) is 1.74. The molecule has 0 saturated heterocycles. The number of hydrogen-bond donors (Lipinski definition) is 0. The summed E-state index contributed by atoms with van der Waals surface area (Å²) in [5, 5.41) is 0. The molecule has 2 heteroatoms. The molecule has 2 aromatic rings. The van der Waals surface area contributed by atoms with Crippen molar-refractivity contribution in [2.45, 2.75) is 6.42 Å². The van der Waals surface area contributed by atoms with Crippen LogP contribution in [-0.4, -0.2) is 9.38 Å². The third-order valence-corrected chi connectivity index (χ3v) is 1.74. The van der Waals surface area contributed by atoms with Crippen LogP contribution in [0.3, 0.4) is 0 Å². The highest BCUT2D eigenvalue weighted by molar-refractivity contribution is 5.39. The van der Waals surface area contributed by atoms with Crippen LogP contribution >= 0.6 is 0 Å². The molecule has 1 radical (unpaired) electrons. The average molecular weight is 145 g/mol. The summed E-state index contributed by atoms with van der Waals surface area (Å²) in [4.78, 5) is 4.14. The molecule has 0 N–H and O–H groups in total. The molecule has 0 aromatic carbocycles. The summed E-state index contributed by atoms with van der Waals surface area (Å²) in [7, 11) is 0. The van der Waals surface area contributed by atoms with E-state index in [-0.39, 0.29) is 0 Å². The highest BCUT2D eigenvalue weighted by Gasteiger charge is 1.92. The van der Waals surface area contributed by atoms with E-state index in [0.717, 1.165) is 12.1 Å². The van der Waals surface area contributed by atoms with Crippen molar-refractivity contribution in [1.29, 1.82) is 0 Å². The molecule has 0 aliphatic carbocycles. The Kier molecular flexibility index (Phi) is 1.39. The smallest absolute Gasteiger partial charge is 0.136 e. The lowest BCUT2D eigenvalue weighted by Crippen LogP contribution is -1.86. The lowest BCUT2D eigenvalue weighted by Gasteiger charge is -1.96. The molecule has 2 heterocycles. The summed E-state index contributed by atoms with van der Waals surface area (Å²) < 4.78 is 2.00. The second-order valence-electron chi connectivity index (χ2n) is 2.48. The van der Waals surface area contributed by atoms with Gasteiger partial charge in [-0.2, -0.15) is 0 Å². The summed E-state index contributed by atoms with van der Waals surface area (Å²) >= 11 is 0. The van der Waals surface area contributed by atoms with Crippen LogP contribution in [0.25, 0.3) is 5.65 Å². The molecule has 0 aliphatic rings. The van der Waals surface area contributed by atoms with E-state index in [1.165, 1.54) is 5.56 Å². The molecule has 2 rings (SSSR count). The number of imidazole rings is 1. The second-order valence-corrected chi connectivity index (χ2v) is 2.48. The quantitative estimate of drug-likeness (QED) is 0.597. The Morgan fingerprint density at radius 2 is 2.36 bits per heavy atom. The van der Waals surface area contributed by atoms with Crippen molar-refractivity contribution in [2.75, 3.05) is 0 Å². The fraction of sp³-hybridized carbons (Fsp3) is 0.111. The zero-order chi connectivity index (χ0) is 7.68. The molecule has 2 nitrogen and oxygen atoms in total. The summed E-state index contributed by atoms with van der Waals surface area (Å²) in [6.45, 7) is 3.81. The van der Waals surface area contributed by atoms with E-state index in [2.05, 4.69) is 24.2 Å². The van der Waals surface area contributed by atoms with Crippen LogP contribution in [-0.2, 0) is 6.42 Å². The summed E-state index contributed by atoms with van der Waals surface area (Å²) in [5.41, 5.74) is 2.22. The number of pyridine rings is 1. The zero-order valence-corrected chi connectivity index (χ0v) is 6.20. The highest BCUT2D eigenvalue weighted by atomic mass is 15.0. The zero-order valence-electron chi connectivity index (χ0n) is 6.20. The first-order valence-electron chi connectivity index (χ1n) is 3.61. The number of nitrogens with zero attached hydrogens (tertiary/aromatic N) is 2. The SMILES string of the molecule is [CH2]Cc1ccc2nccn2c1. The van der Waals surface area contributed by atoms with E-state index in [4.69, 9.17) is 0 Å². The fourth-order valence-electron chi connectivity index (χ4n) is 1.11. The van der Waals surface area contributed by atoms with Gasteiger partial charge in [0.2, 0.25) is 0 Å². The molecular weight excluding hydrogens is 136 g/mol. The lowest BCUT2D eigenvalue weighted by atomic mass is 10.2. The summed E-state index contributed by atoms with van der Waals surface area (Å²) in [6.07, 6.45) is 6.61. The Labute approximate surface area is 65.5 Å². The van der Waals surface area contributed by atoms with E-state index < -0.39 is 0 Å². The summed E-state index contributed by atoms with van der Waals surface area (Å²) in [6, 6.07) is 4.05. The van der Waals surface area contributed by atoms with Crippen LogP contribution in [0.2, 0.25) is 0 Å². The average Bonchev–Trinajstić information content (AvgIpc) is 2.50. The van der Waals surface area contributed by atoms with Gasteiger partial charge >= 0.3 is 0 Å². The van der Waals surface area contributed by atoms with Crippen LogP contribution in [0.5, 0.6) is 0 Å². The molecule has 11 heavy (non-hydrogen) atoms. The monoisotopic (exact) mass is 145 g/mol. The fourth-order valence-corrected chi connectivity index (χ4v) is 1.11. The first-order chi connectivity index (χ1) is 5.40. The predicted molar refractivity (Wildman–Crippen MR) is 44.3 cm³/mol. The minimum atomic E-state index is 0.828. The maximum Gasteiger partial charge on any atom is 0.136 e. The molecule has 55 valence electrons. The number of aromatic nitrogens is 2. The van der Waals surface area contributed by atoms with Crippen molar-refractivity contribution in [3.05, 3.63) is 43.2 Å². The van der Waals surface area contributed by atoms with Crippen LogP contribution < -0.4 is 0 Å². The maximum atomic E-state index is 4.14. The Hall–Kier alpha value is -1.31. The van der Waals surface area contributed by atoms with E-state index >= 15 is 0 Å². The number of rotatable bonds is 1. The van der Waals surface area contributed by atoms with Crippen molar-refractivity contribution in [2.24, 2.45) is 0 Å². The second kappa shape index (κ2) is 2.38. The van der Waals surface area contributed by atoms with Gasteiger partial charge in [-0.1, -0.05) is 6.07 Å².